The molecule has 1 atom stereocenters. The summed E-state index contributed by atoms with van der Waals surface area (Å²) in [5.74, 6) is -0.237. The maximum atomic E-state index is 13.8. The van der Waals surface area contributed by atoms with Gasteiger partial charge in [0.25, 0.3) is 0 Å². The van der Waals surface area contributed by atoms with E-state index in [0.717, 1.165) is 6.07 Å². The van der Waals surface area contributed by atoms with Crippen molar-refractivity contribution in [3.05, 3.63) is 59.2 Å². The molecule has 2 rings (SSSR count). The first kappa shape index (κ1) is 14.3. The number of hydrogen-bond acceptors (Lipinski definition) is 3. The fraction of sp³-hybridized carbons (Fsp3) is 0.200. The van der Waals surface area contributed by atoms with E-state index in [1.165, 1.54) is 26.4 Å². The van der Waals surface area contributed by atoms with Crippen LogP contribution < -0.4 is 15.2 Å². The molecule has 0 spiro atoms. The molecule has 5 heteroatoms. The molecule has 2 aromatic carbocycles. The summed E-state index contributed by atoms with van der Waals surface area (Å²) < 4.78 is 37.1. The van der Waals surface area contributed by atoms with Crippen molar-refractivity contribution in [2.75, 3.05) is 14.2 Å². The number of benzene rings is 2. The van der Waals surface area contributed by atoms with Gasteiger partial charge in [0, 0.05) is 17.2 Å². The smallest absolute Gasteiger partial charge is 0.131 e. The molecule has 3 nitrogen and oxygen atoms in total. The van der Waals surface area contributed by atoms with Gasteiger partial charge in [-0.1, -0.05) is 6.07 Å². The second-order valence-corrected chi connectivity index (χ2v) is 4.25. The Morgan fingerprint density at radius 1 is 0.950 bits per heavy atom. The van der Waals surface area contributed by atoms with Crippen molar-refractivity contribution in [2.45, 2.75) is 6.04 Å². The Kier molecular flexibility index (Phi) is 4.20. The minimum absolute atomic E-state index is 0.193. The molecule has 0 amide bonds. The van der Waals surface area contributed by atoms with Gasteiger partial charge in [0.1, 0.15) is 23.1 Å². The molecule has 1 unspecified atom stereocenters. The first-order valence-electron chi connectivity index (χ1n) is 5.99. The molecular weight excluding hydrogens is 264 g/mol. The second-order valence-electron chi connectivity index (χ2n) is 4.25. The largest absolute Gasteiger partial charge is 0.497 e. The van der Waals surface area contributed by atoms with Crippen molar-refractivity contribution in [1.82, 2.24) is 0 Å². The monoisotopic (exact) mass is 279 g/mol. The summed E-state index contributed by atoms with van der Waals surface area (Å²) in [6.07, 6.45) is 0. The van der Waals surface area contributed by atoms with Gasteiger partial charge in [-0.25, -0.2) is 8.78 Å². The molecule has 2 aromatic rings. The molecule has 0 aromatic heterocycles. The number of methoxy groups -OCH3 is 2. The number of ether oxygens (including phenoxy) is 2. The van der Waals surface area contributed by atoms with Crippen LogP contribution in [0.15, 0.2) is 36.4 Å². The molecule has 0 bridgehead atoms. The topological polar surface area (TPSA) is 44.5 Å². The van der Waals surface area contributed by atoms with Gasteiger partial charge >= 0.3 is 0 Å². The third-order valence-corrected chi connectivity index (χ3v) is 3.07. The number of rotatable bonds is 4. The first-order valence-corrected chi connectivity index (χ1v) is 5.99. The predicted molar refractivity (Wildman–Crippen MR) is 71.9 cm³/mol. The quantitative estimate of drug-likeness (QED) is 0.935. The highest BCUT2D eigenvalue weighted by Crippen LogP contribution is 2.32. The van der Waals surface area contributed by atoms with Crippen LogP contribution in [0.4, 0.5) is 8.78 Å². The zero-order chi connectivity index (χ0) is 14.7. The van der Waals surface area contributed by atoms with Crippen LogP contribution in [0, 0.1) is 11.6 Å². The molecule has 106 valence electrons. The fourth-order valence-electron chi connectivity index (χ4n) is 2.00. The lowest BCUT2D eigenvalue weighted by Gasteiger charge is -2.17. The minimum Gasteiger partial charge on any atom is -0.497 e. The Morgan fingerprint density at radius 3 is 2.30 bits per heavy atom. The SMILES string of the molecule is COc1ccc(OC)c(C(N)c2ccc(F)cc2F)c1. The molecule has 0 fully saturated rings. The van der Waals surface area contributed by atoms with Crippen molar-refractivity contribution < 1.29 is 18.3 Å². The van der Waals surface area contributed by atoms with E-state index in [4.69, 9.17) is 15.2 Å². The summed E-state index contributed by atoms with van der Waals surface area (Å²) in [5, 5.41) is 0. The normalized spacial score (nSPS) is 12.1. The summed E-state index contributed by atoms with van der Waals surface area (Å²) in [5.41, 5.74) is 6.83. The maximum Gasteiger partial charge on any atom is 0.131 e. The van der Waals surface area contributed by atoms with E-state index >= 15 is 0 Å². The predicted octanol–water partition coefficient (Wildman–Crippen LogP) is 3.03. The Labute approximate surface area is 115 Å². The summed E-state index contributed by atoms with van der Waals surface area (Å²) in [6.45, 7) is 0. The molecule has 0 aliphatic carbocycles. The van der Waals surface area contributed by atoms with Crippen LogP contribution in [0.1, 0.15) is 17.2 Å². The van der Waals surface area contributed by atoms with E-state index in [0.29, 0.717) is 17.1 Å². The van der Waals surface area contributed by atoms with Crippen molar-refractivity contribution in [3.8, 4) is 11.5 Å². The van der Waals surface area contributed by atoms with Crippen molar-refractivity contribution in [3.63, 3.8) is 0 Å². The zero-order valence-electron chi connectivity index (χ0n) is 11.2. The van der Waals surface area contributed by atoms with Gasteiger partial charge in [0.15, 0.2) is 0 Å². The van der Waals surface area contributed by atoms with Gasteiger partial charge in [0.05, 0.1) is 20.3 Å². The molecule has 0 aliphatic rings. The average Bonchev–Trinajstić information content (AvgIpc) is 2.46. The summed E-state index contributed by atoms with van der Waals surface area (Å²) in [7, 11) is 3.02. The van der Waals surface area contributed by atoms with Gasteiger partial charge in [-0.15, -0.1) is 0 Å². The van der Waals surface area contributed by atoms with Crippen LogP contribution in [0.25, 0.3) is 0 Å². The second kappa shape index (κ2) is 5.88. The van der Waals surface area contributed by atoms with E-state index < -0.39 is 17.7 Å². The molecule has 0 aliphatic heterocycles. The van der Waals surface area contributed by atoms with E-state index in [2.05, 4.69) is 0 Å². The number of nitrogens with two attached hydrogens (primary N) is 1. The molecule has 0 radical (unpaired) electrons. The molecule has 0 heterocycles. The minimum atomic E-state index is -0.777. The molecule has 0 saturated carbocycles. The highest BCUT2D eigenvalue weighted by atomic mass is 19.1. The van der Waals surface area contributed by atoms with Crippen LogP contribution in [0.2, 0.25) is 0 Å². The van der Waals surface area contributed by atoms with Crippen molar-refractivity contribution in [1.29, 1.82) is 0 Å². The molecule has 20 heavy (non-hydrogen) atoms. The number of halogens is 2. The standard InChI is InChI=1S/C15H15F2NO2/c1-19-10-4-6-14(20-2)12(8-10)15(18)11-5-3-9(16)7-13(11)17/h3-8,15H,18H2,1-2H3. The first-order chi connectivity index (χ1) is 9.56. The van der Waals surface area contributed by atoms with E-state index in [1.54, 1.807) is 18.2 Å². The van der Waals surface area contributed by atoms with Crippen LogP contribution in [-0.2, 0) is 0 Å². The Hall–Kier alpha value is -2.14. The van der Waals surface area contributed by atoms with Crippen LogP contribution >= 0.6 is 0 Å². The lowest BCUT2D eigenvalue weighted by atomic mass is 9.98. The lowest BCUT2D eigenvalue weighted by Crippen LogP contribution is -2.15. The fourth-order valence-corrected chi connectivity index (χ4v) is 2.00. The Balaban J connectivity index is 2.48. The van der Waals surface area contributed by atoms with Crippen LogP contribution in [0.3, 0.4) is 0 Å². The van der Waals surface area contributed by atoms with Gasteiger partial charge in [-0.2, -0.15) is 0 Å². The van der Waals surface area contributed by atoms with Gasteiger partial charge in [-0.05, 0) is 24.3 Å². The average molecular weight is 279 g/mol. The molecular formula is C15H15F2NO2. The van der Waals surface area contributed by atoms with Gasteiger partial charge < -0.3 is 15.2 Å². The summed E-state index contributed by atoms with van der Waals surface area (Å²) >= 11 is 0. The maximum absolute atomic E-state index is 13.8. The Morgan fingerprint density at radius 2 is 1.70 bits per heavy atom. The van der Waals surface area contributed by atoms with Gasteiger partial charge in [-0.3, -0.25) is 0 Å². The lowest BCUT2D eigenvalue weighted by molar-refractivity contribution is 0.396. The van der Waals surface area contributed by atoms with E-state index in [1.807, 2.05) is 0 Å². The van der Waals surface area contributed by atoms with Crippen LogP contribution in [-0.4, -0.2) is 14.2 Å². The molecule has 2 N–H and O–H groups in total. The van der Waals surface area contributed by atoms with E-state index in [-0.39, 0.29) is 5.56 Å². The Bertz CT molecular complexity index is 617. The highest BCUT2D eigenvalue weighted by Gasteiger charge is 2.18. The highest BCUT2D eigenvalue weighted by molar-refractivity contribution is 5.46. The molecule has 0 saturated heterocycles. The summed E-state index contributed by atoms with van der Waals surface area (Å²) in [6, 6.07) is 7.61. The van der Waals surface area contributed by atoms with Gasteiger partial charge in [0.2, 0.25) is 0 Å². The third-order valence-electron chi connectivity index (χ3n) is 3.07. The van der Waals surface area contributed by atoms with Crippen LogP contribution in [0.5, 0.6) is 11.5 Å². The number of hydrogen-bond donors (Lipinski definition) is 1. The van der Waals surface area contributed by atoms with Crippen molar-refractivity contribution in [2.24, 2.45) is 5.73 Å². The third kappa shape index (κ3) is 2.72. The van der Waals surface area contributed by atoms with E-state index in [9.17, 15) is 8.78 Å². The summed E-state index contributed by atoms with van der Waals surface area (Å²) in [4.78, 5) is 0. The zero-order valence-corrected chi connectivity index (χ0v) is 11.2. The van der Waals surface area contributed by atoms with Crippen molar-refractivity contribution >= 4 is 0 Å².